The Hall–Kier alpha value is -1.15. The lowest BCUT2D eigenvalue weighted by Crippen LogP contribution is -2.32. The van der Waals surface area contributed by atoms with Crippen molar-refractivity contribution in [1.29, 1.82) is 0 Å². The number of nitrogens with zero attached hydrogens (tertiary/aromatic N) is 1. The number of hydrogen-bond donors (Lipinski definition) is 0. The summed E-state index contributed by atoms with van der Waals surface area (Å²) in [4.78, 5) is 14.4. The molecule has 0 heterocycles. The molecule has 0 N–H and O–H groups in total. The van der Waals surface area contributed by atoms with Crippen LogP contribution in [0.1, 0.15) is 36.5 Å². The molecule has 1 saturated carbocycles. The molecule has 1 aliphatic rings. The predicted octanol–water partition coefficient (Wildman–Crippen LogP) is 2.99. The average Bonchev–Trinajstić information content (AvgIpc) is 3.14. The summed E-state index contributed by atoms with van der Waals surface area (Å²) in [6.45, 7) is 4.89. The summed E-state index contributed by atoms with van der Waals surface area (Å²) in [5.74, 6) is 1.10. The van der Waals surface area contributed by atoms with Crippen LogP contribution < -0.4 is 0 Å². The van der Waals surface area contributed by atoms with Gasteiger partial charge in [-0.25, -0.2) is 0 Å². The molecule has 0 unspecified atom stereocenters. The van der Waals surface area contributed by atoms with Crippen molar-refractivity contribution in [3.63, 3.8) is 0 Å². The third-order valence-corrected chi connectivity index (χ3v) is 3.22. The van der Waals surface area contributed by atoms with Crippen LogP contribution in [-0.4, -0.2) is 30.3 Å². The molecule has 0 radical (unpaired) electrons. The monoisotopic (exact) mass is 231 g/mol. The fourth-order valence-electron chi connectivity index (χ4n) is 2.14. The third-order valence-electron chi connectivity index (χ3n) is 3.22. The molecule has 1 aromatic rings. The van der Waals surface area contributed by atoms with Crippen LogP contribution in [0.25, 0.3) is 0 Å². The van der Waals surface area contributed by atoms with E-state index < -0.39 is 0 Å². The summed E-state index contributed by atoms with van der Waals surface area (Å²) in [6, 6.07) is 9.62. The molecule has 2 heteroatoms. The van der Waals surface area contributed by atoms with E-state index in [1.54, 1.807) is 0 Å². The topological polar surface area (TPSA) is 20.3 Å². The first-order chi connectivity index (χ1) is 8.29. The summed E-state index contributed by atoms with van der Waals surface area (Å²) in [7, 11) is 0. The molecule has 0 atom stereocenters. The Bertz CT molecular complexity index is 356. The maximum Gasteiger partial charge on any atom is 0.176 e. The van der Waals surface area contributed by atoms with Crippen LogP contribution in [-0.2, 0) is 0 Å². The number of carbonyl (C=O) groups excluding carboxylic acids is 1. The molecule has 17 heavy (non-hydrogen) atoms. The molecular weight excluding hydrogens is 210 g/mol. The molecule has 1 aromatic carbocycles. The van der Waals surface area contributed by atoms with E-state index in [1.165, 1.54) is 12.8 Å². The standard InChI is InChI=1S/C15H21NO/c1-2-10-16(11-13-8-9-13)12-15(17)14-6-4-3-5-7-14/h3-7,13H,2,8-12H2,1H3. The molecule has 1 fully saturated rings. The highest BCUT2D eigenvalue weighted by molar-refractivity contribution is 5.97. The maximum atomic E-state index is 12.1. The number of carbonyl (C=O) groups is 1. The zero-order valence-corrected chi connectivity index (χ0v) is 10.6. The Morgan fingerprint density at radius 1 is 1.29 bits per heavy atom. The van der Waals surface area contributed by atoms with Crippen molar-refractivity contribution in [2.24, 2.45) is 5.92 Å². The molecular formula is C15H21NO. The van der Waals surface area contributed by atoms with Crippen LogP contribution in [0.2, 0.25) is 0 Å². The van der Waals surface area contributed by atoms with Gasteiger partial charge >= 0.3 is 0 Å². The Morgan fingerprint density at radius 2 is 2.00 bits per heavy atom. The Balaban J connectivity index is 1.89. The zero-order chi connectivity index (χ0) is 12.1. The highest BCUT2D eigenvalue weighted by atomic mass is 16.1. The van der Waals surface area contributed by atoms with Gasteiger partial charge in [-0.2, -0.15) is 0 Å². The quantitative estimate of drug-likeness (QED) is 0.672. The van der Waals surface area contributed by atoms with Crippen molar-refractivity contribution in [1.82, 2.24) is 4.90 Å². The van der Waals surface area contributed by atoms with Gasteiger partial charge in [0.25, 0.3) is 0 Å². The highest BCUT2D eigenvalue weighted by Gasteiger charge is 2.24. The molecule has 0 aromatic heterocycles. The van der Waals surface area contributed by atoms with Crippen molar-refractivity contribution >= 4 is 5.78 Å². The van der Waals surface area contributed by atoms with Gasteiger partial charge in [0.1, 0.15) is 0 Å². The number of benzene rings is 1. The second-order valence-electron chi connectivity index (χ2n) is 4.97. The van der Waals surface area contributed by atoms with Crippen LogP contribution in [0.4, 0.5) is 0 Å². The normalized spacial score (nSPS) is 15.2. The summed E-state index contributed by atoms with van der Waals surface area (Å²) < 4.78 is 0. The number of hydrogen-bond acceptors (Lipinski definition) is 2. The number of ketones is 1. The van der Waals surface area contributed by atoms with Gasteiger partial charge in [0.05, 0.1) is 6.54 Å². The van der Waals surface area contributed by atoms with Crippen molar-refractivity contribution < 1.29 is 4.79 Å². The zero-order valence-electron chi connectivity index (χ0n) is 10.6. The molecule has 2 nitrogen and oxygen atoms in total. The average molecular weight is 231 g/mol. The molecule has 0 bridgehead atoms. The third kappa shape index (κ3) is 3.97. The minimum atomic E-state index is 0.250. The summed E-state index contributed by atoms with van der Waals surface area (Å²) >= 11 is 0. The van der Waals surface area contributed by atoms with E-state index in [1.807, 2.05) is 30.3 Å². The van der Waals surface area contributed by atoms with E-state index in [2.05, 4.69) is 11.8 Å². The summed E-state index contributed by atoms with van der Waals surface area (Å²) in [5.41, 5.74) is 0.837. The second kappa shape index (κ2) is 5.97. The summed E-state index contributed by atoms with van der Waals surface area (Å²) in [5, 5.41) is 0. The largest absolute Gasteiger partial charge is 0.296 e. The van der Waals surface area contributed by atoms with E-state index >= 15 is 0 Å². The van der Waals surface area contributed by atoms with E-state index in [0.29, 0.717) is 6.54 Å². The molecule has 1 aliphatic carbocycles. The first kappa shape index (κ1) is 12.3. The highest BCUT2D eigenvalue weighted by Crippen LogP contribution is 2.29. The van der Waals surface area contributed by atoms with Crippen molar-refractivity contribution in [3.8, 4) is 0 Å². The van der Waals surface area contributed by atoms with Gasteiger partial charge in [0.2, 0.25) is 0 Å². The van der Waals surface area contributed by atoms with Crippen LogP contribution in [0, 0.1) is 5.92 Å². The lowest BCUT2D eigenvalue weighted by Gasteiger charge is -2.20. The lowest BCUT2D eigenvalue weighted by molar-refractivity contribution is 0.0927. The molecule has 0 spiro atoms. The maximum absolute atomic E-state index is 12.1. The first-order valence-corrected chi connectivity index (χ1v) is 6.60. The first-order valence-electron chi connectivity index (χ1n) is 6.60. The van der Waals surface area contributed by atoms with Gasteiger partial charge in [-0.3, -0.25) is 9.69 Å². The number of Topliss-reactive ketones (excluding diaryl/α,β-unsaturated/α-hetero) is 1. The SMILES string of the molecule is CCCN(CC(=O)c1ccccc1)CC1CC1. The Morgan fingerprint density at radius 3 is 2.59 bits per heavy atom. The second-order valence-corrected chi connectivity index (χ2v) is 4.97. The Kier molecular flexibility index (Phi) is 4.32. The molecule has 2 rings (SSSR count). The van der Waals surface area contributed by atoms with E-state index in [-0.39, 0.29) is 5.78 Å². The van der Waals surface area contributed by atoms with E-state index in [0.717, 1.165) is 31.0 Å². The fraction of sp³-hybridized carbons (Fsp3) is 0.533. The van der Waals surface area contributed by atoms with Gasteiger partial charge in [0.15, 0.2) is 5.78 Å². The minimum Gasteiger partial charge on any atom is -0.296 e. The smallest absolute Gasteiger partial charge is 0.176 e. The Labute approximate surface area is 104 Å². The van der Waals surface area contributed by atoms with Crippen molar-refractivity contribution in [2.75, 3.05) is 19.6 Å². The van der Waals surface area contributed by atoms with Crippen LogP contribution in [0.5, 0.6) is 0 Å². The fourth-order valence-corrected chi connectivity index (χ4v) is 2.14. The molecule has 0 aliphatic heterocycles. The molecule has 0 amide bonds. The molecule has 92 valence electrons. The van der Waals surface area contributed by atoms with Gasteiger partial charge in [-0.05, 0) is 31.7 Å². The van der Waals surface area contributed by atoms with Gasteiger partial charge in [-0.15, -0.1) is 0 Å². The minimum absolute atomic E-state index is 0.250. The van der Waals surface area contributed by atoms with Crippen LogP contribution >= 0.6 is 0 Å². The lowest BCUT2D eigenvalue weighted by atomic mass is 10.1. The number of rotatable bonds is 7. The van der Waals surface area contributed by atoms with Crippen LogP contribution in [0.15, 0.2) is 30.3 Å². The van der Waals surface area contributed by atoms with Gasteiger partial charge < -0.3 is 0 Å². The van der Waals surface area contributed by atoms with Gasteiger partial charge in [-0.1, -0.05) is 37.3 Å². The van der Waals surface area contributed by atoms with E-state index in [9.17, 15) is 4.79 Å². The van der Waals surface area contributed by atoms with Crippen molar-refractivity contribution in [2.45, 2.75) is 26.2 Å². The predicted molar refractivity (Wildman–Crippen MR) is 70.2 cm³/mol. The van der Waals surface area contributed by atoms with Crippen LogP contribution in [0.3, 0.4) is 0 Å². The van der Waals surface area contributed by atoms with Crippen molar-refractivity contribution in [3.05, 3.63) is 35.9 Å². The van der Waals surface area contributed by atoms with E-state index in [4.69, 9.17) is 0 Å². The molecule has 0 saturated heterocycles. The summed E-state index contributed by atoms with van der Waals surface area (Å²) in [6.07, 6.45) is 3.81. The van der Waals surface area contributed by atoms with Gasteiger partial charge in [0, 0.05) is 12.1 Å².